The number of hydrogen-bond acceptors (Lipinski definition) is 4. The van der Waals surface area contributed by atoms with E-state index in [0.717, 1.165) is 6.26 Å². The van der Waals surface area contributed by atoms with Gasteiger partial charge in [0.1, 0.15) is 9.84 Å². The van der Waals surface area contributed by atoms with Gasteiger partial charge in [0.2, 0.25) is 0 Å². The minimum absolute atomic E-state index is 0.0392. The molecule has 0 saturated heterocycles. The molecule has 1 unspecified atom stereocenters. The van der Waals surface area contributed by atoms with Crippen molar-refractivity contribution in [2.45, 2.75) is 12.5 Å². The average Bonchev–Trinajstić information content (AvgIpc) is 2.14. The molecule has 0 amide bonds. The molecule has 0 radical (unpaired) electrons. The molecule has 0 aliphatic heterocycles. The minimum Gasteiger partial charge on any atom is -0.398 e. The summed E-state index contributed by atoms with van der Waals surface area (Å²) in [5.74, 6) is -0.0392. The summed E-state index contributed by atoms with van der Waals surface area (Å²) >= 11 is 0. The van der Waals surface area contributed by atoms with E-state index < -0.39 is 15.9 Å². The molecule has 1 aromatic rings. The lowest BCUT2D eigenvalue weighted by atomic mass is 10.1. The number of anilines is 1. The van der Waals surface area contributed by atoms with Crippen LogP contribution >= 0.6 is 0 Å². The fourth-order valence-corrected chi connectivity index (χ4v) is 1.95. The summed E-state index contributed by atoms with van der Waals surface area (Å²) < 4.78 is 21.8. The molecule has 3 N–H and O–H groups in total. The number of rotatable bonds is 4. The molecule has 0 heterocycles. The second kappa shape index (κ2) is 4.63. The summed E-state index contributed by atoms with van der Waals surface area (Å²) in [6, 6.07) is 6.90. The molecule has 0 spiro atoms. The van der Waals surface area contributed by atoms with Crippen LogP contribution in [0.25, 0.3) is 0 Å². The van der Waals surface area contributed by atoms with E-state index in [1.54, 1.807) is 24.3 Å². The Morgan fingerprint density at radius 2 is 2.00 bits per heavy atom. The first kappa shape index (κ1) is 12.0. The van der Waals surface area contributed by atoms with Crippen molar-refractivity contribution >= 4 is 15.5 Å². The number of benzene rings is 1. The van der Waals surface area contributed by atoms with Crippen LogP contribution in [0.4, 0.5) is 5.69 Å². The molecule has 15 heavy (non-hydrogen) atoms. The first-order valence-corrected chi connectivity index (χ1v) is 6.66. The molecule has 5 heteroatoms. The lowest BCUT2D eigenvalue weighted by Crippen LogP contribution is -2.09. The lowest BCUT2D eigenvalue weighted by Gasteiger charge is -2.12. The van der Waals surface area contributed by atoms with Crippen LogP contribution in [0.5, 0.6) is 0 Å². The van der Waals surface area contributed by atoms with Crippen molar-refractivity contribution in [1.29, 1.82) is 0 Å². The SMILES string of the molecule is CS(=O)(=O)CCC(O)c1ccccc1N. The van der Waals surface area contributed by atoms with Gasteiger partial charge in [-0.3, -0.25) is 0 Å². The molecular formula is C10H15NO3S. The van der Waals surface area contributed by atoms with Crippen molar-refractivity contribution in [2.75, 3.05) is 17.7 Å². The summed E-state index contributed by atoms with van der Waals surface area (Å²) in [6.45, 7) is 0. The van der Waals surface area contributed by atoms with Crippen molar-refractivity contribution in [3.05, 3.63) is 29.8 Å². The Hall–Kier alpha value is -1.07. The number of aliphatic hydroxyl groups excluding tert-OH is 1. The summed E-state index contributed by atoms with van der Waals surface area (Å²) in [6.07, 6.45) is 0.502. The van der Waals surface area contributed by atoms with E-state index >= 15 is 0 Å². The van der Waals surface area contributed by atoms with Crippen LogP contribution in [0.3, 0.4) is 0 Å². The van der Waals surface area contributed by atoms with Gasteiger partial charge in [-0.15, -0.1) is 0 Å². The first-order chi connectivity index (χ1) is 6.90. The van der Waals surface area contributed by atoms with Crippen molar-refractivity contribution in [1.82, 2.24) is 0 Å². The maximum atomic E-state index is 10.9. The zero-order valence-corrected chi connectivity index (χ0v) is 9.37. The summed E-state index contributed by atoms with van der Waals surface area (Å²) in [5, 5.41) is 9.72. The first-order valence-electron chi connectivity index (χ1n) is 4.60. The second-order valence-electron chi connectivity index (χ2n) is 3.56. The normalized spacial score (nSPS) is 13.7. The van der Waals surface area contributed by atoms with Gasteiger partial charge in [0.25, 0.3) is 0 Å². The van der Waals surface area contributed by atoms with Gasteiger partial charge in [-0.2, -0.15) is 0 Å². The number of nitrogen functional groups attached to an aromatic ring is 1. The van der Waals surface area contributed by atoms with Gasteiger partial charge in [0, 0.05) is 17.5 Å². The van der Waals surface area contributed by atoms with Gasteiger partial charge in [-0.25, -0.2) is 8.42 Å². The van der Waals surface area contributed by atoms with Crippen LogP contribution in [-0.4, -0.2) is 25.5 Å². The van der Waals surface area contributed by atoms with E-state index in [2.05, 4.69) is 0 Å². The Labute approximate surface area is 89.7 Å². The number of nitrogens with two attached hydrogens (primary N) is 1. The highest BCUT2D eigenvalue weighted by Crippen LogP contribution is 2.22. The van der Waals surface area contributed by atoms with Crippen molar-refractivity contribution < 1.29 is 13.5 Å². The third-order valence-corrected chi connectivity index (χ3v) is 3.09. The second-order valence-corrected chi connectivity index (χ2v) is 5.82. The Morgan fingerprint density at radius 1 is 1.40 bits per heavy atom. The molecule has 0 aromatic heterocycles. The molecule has 0 bridgehead atoms. The highest BCUT2D eigenvalue weighted by molar-refractivity contribution is 7.90. The van der Waals surface area contributed by atoms with E-state index in [-0.39, 0.29) is 12.2 Å². The van der Waals surface area contributed by atoms with Gasteiger partial charge in [0.05, 0.1) is 11.9 Å². The molecule has 0 aliphatic carbocycles. The third kappa shape index (κ3) is 3.89. The van der Waals surface area contributed by atoms with E-state index in [9.17, 15) is 13.5 Å². The molecule has 0 aliphatic rings. The van der Waals surface area contributed by atoms with Gasteiger partial charge >= 0.3 is 0 Å². The zero-order chi connectivity index (χ0) is 11.5. The predicted octanol–water partition coefficient (Wildman–Crippen LogP) is 0.737. The van der Waals surface area contributed by atoms with Crippen LogP contribution in [-0.2, 0) is 9.84 Å². The fraction of sp³-hybridized carbons (Fsp3) is 0.400. The standard InChI is InChI=1S/C10H15NO3S/c1-15(13,14)7-6-10(12)8-4-2-3-5-9(8)11/h2-5,10,12H,6-7,11H2,1H3. The summed E-state index contributed by atoms with van der Waals surface area (Å²) in [7, 11) is -3.04. The maximum absolute atomic E-state index is 10.9. The van der Waals surface area contributed by atoms with Crippen molar-refractivity contribution in [3.63, 3.8) is 0 Å². The Balaban J connectivity index is 2.70. The highest BCUT2D eigenvalue weighted by Gasteiger charge is 2.13. The molecule has 0 fully saturated rings. The van der Waals surface area contributed by atoms with Crippen LogP contribution in [0.2, 0.25) is 0 Å². The highest BCUT2D eigenvalue weighted by atomic mass is 32.2. The lowest BCUT2D eigenvalue weighted by molar-refractivity contribution is 0.175. The number of aliphatic hydroxyl groups is 1. The molecule has 1 atom stereocenters. The van der Waals surface area contributed by atoms with E-state index in [0.29, 0.717) is 11.3 Å². The van der Waals surface area contributed by atoms with Crippen LogP contribution in [0.1, 0.15) is 18.1 Å². The minimum atomic E-state index is -3.04. The van der Waals surface area contributed by atoms with Crippen LogP contribution in [0, 0.1) is 0 Å². The van der Waals surface area contributed by atoms with Crippen molar-refractivity contribution in [2.24, 2.45) is 0 Å². The van der Waals surface area contributed by atoms with E-state index in [1.807, 2.05) is 0 Å². The van der Waals surface area contributed by atoms with E-state index in [4.69, 9.17) is 5.73 Å². The van der Waals surface area contributed by atoms with Crippen LogP contribution < -0.4 is 5.73 Å². The molecule has 84 valence electrons. The fourth-order valence-electron chi connectivity index (χ4n) is 1.30. The summed E-state index contributed by atoms with van der Waals surface area (Å²) in [4.78, 5) is 0. The van der Waals surface area contributed by atoms with Gasteiger partial charge in [-0.05, 0) is 12.5 Å². The smallest absolute Gasteiger partial charge is 0.147 e. The monoisotopic (exact) mass is 229 g/mol. The molecule has 0 saturated carbocycles. The molecule has 4 nitrogen and oxygen atoms in total. The average molecular weight is 229 g/mol. The van der Waals surface area contributed by atoms with Crippen molar-refractivity contribution in [3.8, 4) is 0 Å². The largest absolute Gasteiger partial charge is 0.398 e. The quantitative estimate of drug-likeness (QED) is 0.746. The maximum Gasteiger partial charge on any atom is 0.147 e. The van der Waals surface area contributed by atoms with E-state index in [1.165, 1.54) is 0 Å². The molecule has 1 rings (SSSR count). The molecular weight excluding hydrogens is 214 g/mol. The third-order valence-electron chi connectivity index (χ3n) is 2.12. The van der Waals surface area contributed by atoms with Gasteiger partial charge in [0.15, 0.2) is 0 Å². The van der Waals surface area contributed by atoms with Gasteiger partial charge < -0.3 is 10.8 Å². The molecule has 1 aromatic carbocycles. The Bertz CT molecular complexity index is 428. The number of hydrogen-bond donors (Lipinski definition) is 2. The number of sulfone groups is 1. The van der Waals surface area contributed by atoms with Gasteiger partial charge in [-0.1, -0.05) is 18.2 Å². The predicted molar refractivity (Wildman–Crippen MR) is 60.1 cm³/mol. The zero-order valence-electron chi connectivity index (χ0n) is 8.55. The Morgan fingerprint density at radius 3 is 2.53 bits per heavy atom. The number of para-hydroxylation sites is 1. The van der Waals surface area contributed by atoms with Crippen LogP contribution in [0.15, 0.2) is 24.3 Å². The Kier molecular flexibility index (Phi) is 3.71. The summed E-state index contributed by atoms with van der Waals surface area (Å²) in [5.41, 5.74) is 6.72. The topological polar surface area (TPSA) is 80.4 Å².